The van der Waals surface area contributed by atoms with Crippen LogP contribution in [0.5, 0.6) is 0 Å². The highest BCUT2D eigenvalue weighted by Gasteiger charge is 2.29. The predicted octanol–water partition coefficient (Wildman–Crippen LogP) is -0.0538. The fraction of sp³-hybridized carbons (Fsp3) is 0.727. The van der Waals surface area contributed by atoms with Crippen LogP contribution in [-0.4, -0.2) is 47.8 Å². The Bertz CT molecular complexity index is 309. The van der Waals surface area contributed by atoms with E-state index in [1.165, 1.54) is 4.90 Å². The molecule has 1 aliphatic rings. The molecule has 1 saturated heterocycles. The highest BCUT2D eigenvalue weighted by molar-refractivity contribution is 7.18. The zero-order valence-corrected chi connectivity index (χ0v) is 11.2. The van der Waals surface area contributed by atoms with E-state index in [2.05, 4.69) is 14.6 Å². The van der Waals surface area contributed by atoms with Crippen LogP contribution in [0.2, 0.25) is 0 Å². The Morgan fingerprint density at radius 3 is 2.82 bits per heavy atom. The van der Waals surface area contributed by atoms with Crippen LogP contribution in [-0.2, 0) is 14.4 Å². The molecule has 96 valence electrons. The van der Waals surface area contributed by atoms with Gasteiger partial charge >= 0.3 is 0 Å². The molecule has 2 amide bonds. The molecule has 1 heterocycles. The summed E-state index contributed by atoms with van der Waals surface area (Å²) in [6.07, 6.45) is 3.58. The number of carbonyl (C=O) groups excluding carboxylic acids is 3. The smallest absolute Gasteiger partial charge is 0.243 e. The monoisotopic (exact) mass is 258 g/mol. The summed E-state index contributed by atoms with van der Waals surface area (Å²) < 4.78 is 0. The van der Waals surface area contributed by atoms with Crippen molar-refractivity contribution in [3.05, 3.63) is 0 Å². The molecule has 6 heteroatoms. The third-order valence-electron chi connectivity index (χ3n) is 3.03. The third-order valence-corrected chi connectivity index (χ3v) is 3.43. The second-order valence-corrected chi connectivity index (χ2v) is 4.66. The van der Waals surface area contributed by atoms with E-state index in [-0.39, 0.29) is 11.7 Å². The number of Topliss-reactive ketones (excluding diaryl/α,β-unsaturated/α-hetero) is 1. The van der Waals surface area contributed by atoms with Crippen LogP contribution < -0.4 is 5.32 Å². The molecule has 1 fully saturated rings. The number of amides is 2. The van der Waals surface area contributed by atoms with E-state index < -0.39 is 12.1 Å². The molecule has 0 aromatic rings. The summed E-state index contributed by atoms with van der Waals surface area (Å²) in [5, 5.41) is 2.66. The third kappa shape index (κ3) is 3.77. The molecule has 5 nitrogen and oxygen atoms in total. The molecule has 0 aromatic carbocycles. The van der Waals surface area contributed by atoms with Crippen molar-refractivity contribution in [2.24, 2.45) is 0 Å². The summed E-state index contributed by atoms with van der Waals surface area (Å²) in [7, 11) is 2.34. The number of hydrogen-bond acceptors (Lipinski definition) is 3. The van der Waals surface area contributed by atoms with Crippen molar-refractivity contribution in [1.82, 2.24) is 10.2 Å². The summed E-state index contributed by atoms with van der Waals surface area (Å²) in [5.74, 6) is -0.257. The number of piperidine rings is 1. The highest BCUT2D eigenvalue weighted by Crippen LogP contribution is 2.15. The van der Waals surface area contributed by atoms with E-state index in [4.69, 9.17) is 0 Å². The average molecular weight is 258 g/mol. The van der Waals surface area contributed by atoms with Gasteiger partial charge in [0.2, 0.25) is 12.3 Å². The van der Waals surface area contributed by atoms with Gasteiger partial charge < -0.3 is 10.2 Å². The maximum atomic E-state index is 11.9. The Morgan fingerprint density at radius 2 is 2.24 bits per heavy atom. The van der Waals surface area contributed by atoms with E-state index in [0.717, 1.165) is 12.8 Å². The largest absolute Gasteiger partial charge is 0.345 e. The Labute approximate surface area is 104 Å². The molecule has 3 atom stereocenters. The molecule has 0 radical (unpaired) electrons. The van der Waals surface area contributed by atoms with Crippen molar-refractivity contribution >= 4 is 27.3 Å². The van der Waals surface area contributed by atoms with Gasteiger partial charge in [0.25, 0.3) is 0 Å². The number of nitrogens with one attached hydrogen (secondary N) is 1. The molecule has 3 unspecified atom stereocenters. The van der Waals surface area contributed by atoms with Gasteiger partial charge in [0, 0.05) is 12.7 Å². The zero-order chi connectivity index (χ0) is 12.8. The number of ketones is 1. The van der Waals surface area contributed by atoms with E-state index in [1.807, 2.05) is 0 Å². The van der Waals surface area contributed by atoms with Gasteiger partial charge in [-0.05, 0) is 26.2 Å². The number of rotatable bonds is 5. The fourth-order valence-electron chi connectivity index (χ4n) is 1.93. The average Bonchev–Trinajstić information content (AvgIpc) is 2.37. The lowest BCUT2D eigenvalue weighted by Crippen LogP contribution is -2.52. The first-order valence-electron chi connectivity index (χ1n) is 5.84. The number of nitrogens with zero attached hydrogens (tertiary/aromatic N) is 1. The number of likely N-dealkylation sites (tertiary alicyclic amines) is 1. The molecule has 0 saturated carbocycles. The quantitative estimate of drug-likeness (QED) is 0.555. The summed E-state index contributed by atoms with van der Waals surface area (Å²) in [5.41, 5.74) is 0. The van der Waals surface area contributed by atoms with E-state index >= 15 is 0 Å². The molecular formula is C11H19N2O3P. The Morgan fingerprint density at radius 1 is 1.53 bits per heavy atom. The predicted molar refractivity (Wildman–Crippen MR) is 67.6 cm³/mol. The van der Waals surface area contributed by atoms with Gasteiger partial charge in [-0.1, -0.05) is 0 Å². The van der Waals surface area contributed by atoms with Gasteiger partial charge in [-0.2, -0.15) is 0 Å². The van der Waals surface area contributed by atoms with E-state index in [0.29, 0.717) is 25.5 Å². The van der Waals surface area contributed by atoms with Crippen LogP contribution in [0.1, 0.15) is 26.2 Å². The molecule has 0 aromatic heterocycles. The van der Waals surface area contributed by atoms with Crippen molar-refractivity contribution in [3.63, 3.8) is 0 Å². The van der Waals surface area contributed by atoms with Gasteiger partial charge in [-0.15, -0.1) is 9.24 Å². The first kappa shape index (κ1) is 14.1. The lowest BCUT2D eigenvalue weighted by molar-refractivity contribution is -0.136. The second kappa shape index (κ2) is 6.70. The van der Waals surface area contributed by atoms with E-state index in [9.17, 15) is 14.4 Å². The SMILES string of the molecule is CC(NC(=O)C1CCCCN1C=O)C(=O)CP. The van der Waals surface area contributed by atoms with Crippen molar-refractivity contribution in [2.75, 3.05) is 12.7 Å². The highest BCUT2D eigenvalue weighted by atomic mass is 31.0. The minimum absolute atomic E-state index is 0.0307. The molecular weight excluding hydrogens is 239 g/mol. The van der Waals surface area contributed by atoms with Gasteiger partial charge in [-0.25, -0.2) is 0 Å². The topological polar surface area (TPSA) is 66.5 Å². The summed E-state index contributed by atoms with van der Waals surface area (Å²) >= 11 is 0. The first-order valence-corrected chi connectivity index (χ1v) is 6.66. The zero-order valence-electron chi connectivity index (χ0n) is 10.0. The summed E-state index contributed by atoms with van der Waals surface area (Å²) in [6, 6.07) is -0.906. The van der Waals surface area contributed by atoms with Crippen molar-refractivity contribution in [2.45, 2.75) is 38.3 Å². The van der Waals surface area contributed by atoms with E-state index in [1.54, 1.807) is 6.92 Å². The number of carbonyl (C=O) groups is 3. The lowest BCUT2D eigenvalue weighted by Gasteiger charge is -2.32. The Kier molecular flexibility index (Phi) is 5.56. The number of hydrogen-bond donors (Lipinski definition) is 1. The minimum Gasteiger partial charge on any atom is -0.345 e. The molecule has 0 aliphatic carbocycles. The molecule has 1 N–H and O–H groups in total. The van der Waals surface area contributed by atoms with Crippen molar-refractivity contribution in [3.8, 4) is 0 Å². The van der Waals surface area contributed by atoms with Gasteiger partial charge in [0.1, 0.15) is 6.04 Å². The Hall–Kier alpha value is -0.960. The summed E-state index contributed by atoms with van der Waals surface area (Å²) in [6.45, 7) is 2.28. The molecule has 17 heavy (non-hydrogen) atoms. The Balaban J connectivity index is 2.56. The second-order valence-electron chi connectivity index (χ2n) is 4.26. The molecule has 0 spiro atoms. The maximum absolute atomic E-state index is 11.9. The van der Waals surface area contributed by atoms with Gasteiger partial charge in [0.05, 0.1) is 6.04 Å². The van der Waals surface area contributed by atoms with Crippen LogP contribution in [0.4, 0.5) is 0 Å². The van der Waals surface area contributed by atoms with Gasteiger partial charge in [-0.3, -0.25) is 14.4 Å². The van der Waals surface area contributed by atoms with Crippen LogP contribution >= 0.6 is 9.24 Å². The van der Waals surface area contributed by atoms with Crippen molar-refractivity contribution in [1.29, 1.82) is 0 Å². The standard InChI is InChI=1S/C11H19N2O3P/c1-8(10(15)6-17)12-11(16)9-4-2-3-5-13(9)7-14/h7-9H,2-6,17H2,1H3,(H,12,16). The molecule has 1 aliphatic heterocycles. The minimum atomic E-state index is -0.490. The summed E-state index contributed by atoms with van der Waals surface area (Å²) in [4.78, 5) is 35.6. The van der Waals surface area contributed by atoms with Crippen molar-refractivity contribution < 1.29 is 14.4 Å². The molecule has 1 rings (SSSR count). The maximum Gasteiger partial charge on any atom is 0.243 e. The normalized spacial score (nSPS) is 21.8. The van der Waals surface area contributed by atoms with Crippen LogP contribution in [0.25, 0.3) is 0 Å². The fourth-order valence-corrected chi connectivity index (χ4v) is 2.28. The van der Waals surface area contributed by atoms with Gasteiger partial charge in [0.15, 0.2) is 5.78 Å². The van der Waals surface area contributed by atoms with Crippen LogP contribution in [0.3, 0.4) is 0 Å². The lowest BCUT2D eigenvalue weighted by atomic mass is 10.0. The van der Waals surface area contributed by atoms with Crippen LogP contribution in [0, 0.1) is 0 Å². The first-order chi connectivity index (χ1) is 8.10. The van der Waals surface area contributed by atoms with Crippen LogP contribution in [0.15, 0.2) is 0 Å². The molecule has 0 bridgehead atoms.